The van der Waals surface area contributed by atoms with Crippen LogP contribution in [0.15, 0.2) is 22.4 Å². The third-order valence-corrected chi connectivity index (χ3v) is 6.41. The van der Waals surface area contributed by atoms with E-state index in [1.165, 1.54) is 16.7 Å². The molecule has 5 nitrogen and oxygen atoms in total. The molecule has 2 amide bonds. The third kappa shape index (κ3) is 4.05. The van der Waals surface area contributed by atoms with Crippen molar-refractivity contribution in [1.29, 1.82) is 0 Å². The number of piperazine rings is 1. The van der Waals surface area contributed by atoms with E-state index in [4.69, 9.17) is 12.2 Å². The molecular formula is C16H20N3O2S3+. The predicted molar refractivity (Wildman–Crippen MR) is 102 cm³/mol. The molecule has 1 N–H and O–H groups in total. The Morgan fingerprint density at radius 1 is 1.42 bits per heavy atom. The van der Waals surface area contributed by atoms with E-state index in [0.29, 0.717) is 22.2 Å². The molecular weight excluding hydrogens is 362 g/mol. The van der Waals surface area contributed by atoms with Gasteiger partial charge in [-0.3, -0.25) is 14.5 Å². The number of nitrogens with one attached hydrogen (secondary N) is 1. The molecule has 2 aliphatic rings. The molecule has 8 heteroatoms. The summed E-state index contributed by atoms with van der Waals surface area (Å²) in [6, 6.07) is 3.92. The summed E-state index contributed by atoms with van der Waals surface area (Å²) in [5, 5.41) is 1.98. The van der Waals surface area contributed by atoms with Crippen molar-refractivity contribution in [2.24, 2.45) is 0 Å². The highest BCUT2D eigenvalue weighted by Gasteiger charge is 2.32. The zero-order valence-electron chi connectivity index (χ0n) is 13.5. The zero-order chi connectivity index (χ0) is 17.1. The van der Waals surface area contributed by atoms with Crippen LogP contribution in [0.2, 0.25) is 0 Å². The van der Waals surface area contributed by atoms with Gasteiger partial charge in [0.05, 0.1) is 38.1 Å². The van der Waals surface area contributed by atoms with Crippen molar-refractivity contribution >= 4 is 57.5 Å². The van der Waals surface area contributed by atoms with Crippen molar-refractivity contribution in [3.63, 3.8) is 0 Å². The molecule has 3 rings (SSSR count). The molecule has 0 saturated carbocycles. The number of amides is 2. The average molecular weight is 383 g/mol. The number of carbonyl (C=O) groups is 2. The van der Waals surface area contributed by atoms with E-state index in [2.05, 4.69) is 7.05 Å². The number of thioether (sulfide) groups is 1. The Hall–Kier alpha value is -1.22. The number of likely N-dealkylation sites (N-methyl/N-ethyl adjacent to an activating group) is 1. The van der Waals surface area contributed by atoms with Crippen LogP contribution in [-0.4, -0.2) is 65.7 Å². The molecule has 128 valence electrons. The SMILES string of the molecule is C[NH+]1CCN(C(=O)CCN2C(=O)/C(=C/c3cccs3)SC2=S)CC1. The Kier molecular flexibility index (Phi) is 5.70. The Bertz CT molecular complexity index is 664. The minimum atomic E-state index is -0.0889. The van der Waals surface area contributed by atoms with Crippen LogP contribution >= 0.6 is 35.3 Å². The summed E-state index contributed by atoms with van der Waals surface area (Å²) in [6.45, 7) is 3.92. The fourth-order valence-corrected chi connectivity index (χ4v) is 4.73. The van der Waals surface area contributed by atoms with Crippen LogP contribution in [0.5, 0.6) is 0 Å². The van der Waals surface area contributed by atoms with Gasteiger partial charge in [-0.15, -0.1) is 11.3 Å². The summed E-state index contributed by atoms with van der Waals surface area (Å²) < 4.78 is 0.540. The van der Waals surface area contributed by atoms with E-state index in [-0.39, 0.29) is 11.8 Å². The lowest BCUT2D eigenvalue weighted by atomic mass is 10.2. The van der Waals surface area contributed by atoms with Crippen molar-refractivity contribution in [2.75, 3.05) is 39.8 Å². The molecule has 2 saturated heterocycles. The molecule has 0 bridgehead atoms. The maximum atomic E-state index is 12.5. The lowest BCUT2D eigenvalue weighted by Gasteiger charge is -2.30. The minimum Gasteiger partial charge on any atom is -0.334 e. The highest BCUT2D eigenvalue weighted by molar-refractivity contribution is 8.26. The maximum absolute atomic E-state index is 12.5. The van der Waals surface area contributed by atoms with Gasteiger partial charge in [0, 0.05) is 17.8 Å². The van der Waals surface area contributed by atoms with Gasteiger partial charge in [0.15, 0.2) is 0 Å². The van der Waals surface area contributed by atoms with Crippen molar-refractivity contribution in [2.45, 2.75) is 6.42 Å². The van der Waals surface area contributed by atoms with Crippen LogP contribution in [-0.2, 0) is 9.59 Å². The van der Waals surface area contributed by atoms with Gasteiger partial charge in [-0.25, -0.2) is 0 Å². The van der Waals surface area contributed by atoms with Gasteiger partial charge in [0.25, 0.3) is 5.91 Å². The number of thiophene rings is 1. The number of quaternary nitrogens is 1. The van der Waals surface area contributed by atoms with Gasteiger partial charge in [-0.2, -0.15) is 0 Å². The van der Waals surface area contributed by atoms with Crippen LogP contribution in [0.25, 0.3) is 6.08 Å². The van der Waals surface area contributed by atoms with Gasteiger partial charge < -0.3 is 9.80 Å². The summed E-state index contributed by atoms with van der Waals surface area (Å²) in [6.07, 6.45) is 2.20. The van der Waals surface area contributed by atoms with Crippen LogP contribution in [0.4, 0.5) is 0 Å². The Morgan fingerprint density at radius 2 is 2.17 bits per heavy atom. The molecule has 0 aliphatic carbocycles. The molecule has 0 atom stereocenters. The van der Waals surface area contributed by atoms with Gasteiger partial charge in [-0.05, 0) is 17.5 Å². The first-order chi connectivity index (χ1) is 11.5. The standard InChI is InChI=1S/C16H19N3O2S3/c1-17-6-8-18(9-7-17)14(20)4-5-19-15(21)13(24-16(19)22)11-12-3-2-10-23-12/h2-3,10-11H,4-9H2,1H3/p+1/b13-11-. The van der Waals surface area contributed by atoms with E-state index >= 15 is 0 Å². The summed E-state index contributed by atoms with van der Waals surface area (Å²) in [5.41, 5.74) is 0. The first-order valence-electron chi connectivity index (χ1n) is 7.92. The largest absolute Gasteiger partial charge is 0.334 e. The normalized spacial score (nSPS) is 21.1. The van der Waals surface area contributed by atoms with E-state index in [1.807, 2.05) is 28.5 Å². The quantitative estimate of drug-likeness (QED) is 0.615. The second-order valence-corrected chi connectivity index (χ2v) is 8.59. The molecule has 24 heavy (non-hydrogen) atoms. The second-order valence-electron chi connectivity index (χ2n) is 5.94. The molecule has 2 fully saturated rings. The number of hydrogen-bond acceptors (Lipinski definition) is 5. The summed E-state index contributed by atoms with van der Waals surface area (Å²) in [5.74, 6) is 0.0211. The number of thiocarbonyl (C=S) groups is 1. The highest BCUT2D eigenvalue weighted by Crippen LogP contribution is 2.33. The number of hydrogen-bond donors (Lipinski definition) is 1. The number of rotatable bonds is 4. The molecule has 3 heterocycles. The van der Waals surface area contributed by atoms with E-state index < -0.39 is 0 Å². The molecule has 1 aromatic rings. The van der Waals surface area contributed by atoms with Crippen LogP contribution in [0.3, 0.4) is 0 Å². The maximum Gasteiger partial charge on any atom is 0.266 e. The smallest absolute Gasteiger partial charge is 0.266 e. The zero-order valence-corrected chi connectivity index (χ0v) is 15.9. The van der Waals surface area contributed by atoms with Crippen molar-refractivity contribution in [3.05, 3.63) is 27.3 Å². The van der Waals surface area contributed by atoms with Crippen molar-refractivity contribution < 1.29 is 14.5 Å². The summed E-state index contributed by atoms with van der Waals surface area (Å²) in [4.78, 5) is 31.4. The topological polar surface area (TPSA) is 45.1 Å². The van der Waals surface area contributed by atoms with E-state index in [0.717, 1.165) is 31.1 Å². The fourth-order valence-electron chi connectivity index (χ4n) is 2.70. The van der Waals surface area contributed by atoms with Crippen LogP contribution in [0, 0.1) is 0 Å². The third-order valence-electron chi connectivity index (χ3n) is 4.21. The Balaban J connectivity index is 1.56. The Labute approximate surface area is 155 Å². The van der Waals surface area contributed by atoms with E-state index in [9.17, 15) is 9.59 Å². The summed E-state index contributed by atoms with van der Waals surface area (Å²) >= 11 is 8.22. The minimum absolute atomic E-state index is 0.0889. The average Bonchev–Trinajstić information content (AvgIpc) is 3.16. The molecule has 0 spiro atoms. The monoisotopic (exact) mass is 382 g/mol. The predicted octanol–water partition coefficient (Wildman–Crippen LogP) is 0.696. The first kappa shape index (κ1) is 17.6. The van der Waals surface area contributed by atoms with Crippen molar-refractivity contribution in [3.8, 4) is 0 Å². The second kappa shape index (κ2) is 7.77. The van der Waals surface area contributed by atoms with Gasteiger partial charge >= 0.3 is 0 Å². The molecule has 0 radical (unpaired) electrons. The van der Waals surface area contributed by atoms with Crippen LogP contribution in [0.1, 0.15) is 11.3 Å². The van der Waals surface area contributed by atoms with Gasteiger partial charge in [0.2, 0.25) is 5.91 Å². The van der Waals surface area contributed by atoms with Crippen molar-refractivity contribution in [1.82, 2.24) is 9.80 Å². The lowest BCUT2D eigenvalue weighted by molar-refractivity contribution is -0.883. The highest BCUT2D eigenvalue weighted by atomic mass is 32.2. The van der Waals surface area contributed by atoms with Gasteiger partial charge in [-0.1, -0.05) is 30.0 Å². The lowest BCUT2D eigenvalue weighted by Crippen LogP contribution is -3.12. The van der Waals surface area contributed by atoms with Gasteiger partial charge in [0.1, 0.15) is 4.32 Å². The molecule has 0 aromatic carbocycles. The Morgan fingerprint density at radius 3 is 2.83 bits per heavy atom. The molecule has 0 unspecified atom stereocenters. The number of nitrogens with zero attached hydrogens (tertiary/aromatic N) is 2. The number of carbonyl (C=O) groups excluding carboxylic acids is 2. The first-order valence-corrected chi connectivity index (χ1v) is 10.0. The van der Waals surface area contributed by atoms with E-state index in [1.54, 1.807) is 16.2 Å². The summed E-state index contributed by atoms with van der Waals surface area (Å²) in [7, 11) is 2.14. The fraction of sp³-hybridized carbons (Fsp3) is 0.438. The molecule has 2 aliphatic heterocycles. The molecule has 1 aromatic heterocycles. The van der Waals surface area contributed by atoms with Crippen LogP contribution < -0.4 is 4.90 Å².